The maximum Gasteiger partial charge on any atom is 0.238 e. The van der Waals surface area contributed by atoms with Crippen LogP contribution in [0.2, 0.25) is 0 Å². The molecule has 140 valence electrons. The molecule has 27 heavy (non-hydrogen) atoms. The van der Waals surface area contributed by atoms with Gasteiger partial charge in [0.1, 0.15) is 0 Å². The van der Waals surface area contributed by atoms with E-state index in [0.29, 0.717) is 12.5 Å². The molecule has 5 heteroatoms. The second-order valence-electron chi connectivity index (χ2n) is 7.52. The van der Waals surface area contributed by atoms with Crippen molar-refractivity contribution >= 4 is 22.6 Å². The number of benzene rings is 2. The van der Waals surface area contributed by atoms with Gasteiger partial charge in [0.25, 0.3) is 0 Å². The molecule has 0 spiro atoms. The molecular formula is C22H26N4O. The number of aryl methyl sites for hydroxylation is 1. The van der Waals surface area contributed by atoms with Gasteiger partial charge in [0, 0.05) is 12.2 Å². The molecule has 1 fully saturated rings. The van der Waals surface area contributed by atoms with Crippen molar-refractivity contribution in [1.29, 1.82) is 0 Å². The third kappa shape index (κ3) is 4.37. The molecule has 0 saturated carbocycles. The summed E-state index contributed by atoms with van der Waals surface area (Å²) < 4.78 is 2.26. The second-order valence-corrected chi connectivity index (χ2v) is 7.52. The van der Waals surface area contributed by atoms with Crippen molar-refractivity contribution in [3.8, 4) is 0 Å². The van der Waals surface area contributed by atoms with E-state index in [2.05, 4.69) is 38.0 Å². The minimum absolute atomic E-state index is 0.0675. The number of carbonyl (C=O) groups is 1. The van der Waals surface area contributed by atoms with Gasteiger partial charge in [-0.3, -0.25) is 9.69 Å². The quantitative estimate of drug-likeness (QED) is 0.753. The van der Waals surface area contributed by atoms with Gasteiger partial charge in [-0.1, -0.05) is 29.8 Å². The van der Waals surface area contributed by atoms with Gasteiger partial charge in [-0.05, 0) is 63.0 Å². The molecule has 1 N–H and O–H groups in total. The van der Waals surface area contributed by atoms with Crippen LogP contribution in [0.5, 0.6) is 0 Å². The molecule has 0 unspecified atom stereocenters. The van der Waals surface area contributed by atoms with Gasteiger partial charge in [-0.15, -0.1) is 0 Å². The number of hydrogen-bond donors (Lipinski definition) is 1. The van der Waals surface area contributed by atoms with Crippen molar-refractivity contribution in [3.05, 3.63) is 60.4 Å². The van der Waals surface area contributed by atoms with Gasteiger partial charge in [0.15, 0.2) is 0 Å². The van der Waals surface area contributed by atoms with E-state index in [-0.39, 0.29) is 5.91 Å². The Kier molecular flexibility index (Phi) is 5.21. The number of rotatable bonds is 5. The molecule has 2 aromatic carbocycles. The highest BCUT2D eigenvalue weighted by Gasteiger charge is 2.21. The predicted molar refractivity (Wildman–Crippen MR) is 109 cm³/mol. The number of likely N-dealkylation sites (tertiary alicyclic amines) is 1. The van der Waals surface area contributed by atoms with Crippen LogP contribution in [-0.2, 0) is 11.3 Å². The van der Waals surface area contributed by atoms with Crippen LogP contribution in [0.3, 0.4) is 0 Å². The first-order chi connectivity index (χ1) is 13.2. The summed E-state index contributed by atoms with van der Waals surface area (Å²) in [4.78, 5) is 19.0. The fourth-order valence-corrected chi connectivity index (χ4v) is 3.80. The summed E-state index contributed by atoms with van der Waals surface area (Å²) in [6, 6.07) is 16.2. The van der Waals surface area contributed by atoms with Crippen LogP contribution in [0.1, 0.15) is 18.4 Å². The molecule has 0 aliphatic carbocycles. The van der Waals surface area contributed by atoms with E-state index in [9.17, 15) is 4.79 Å². The monoisotopic (exact) mass is 362 g/mol. The molecule has 1 aromatic heterocycles. The average molecular weight is 362 g/mol. The molecule has 1 saturated heterocycles. The van der Waals surface area contributed by atoms with Gasteiger partial charge in [-0.25, -0.2) is 4.98 Å². The van der Waals surface area contributed by atoms with Gasteiger partial charge in [0.05, 0.1) is 23.9 Å². The number of fused-ring (bicyclic) bond motifs is 1. The fraction of sp³-hybridized carbons (Fsp3) is 0.364. The van der Waals surface area contributed by atoms with E-state index in [1.807, 2.05) is 43.6 Å². The van der Waals surface area contributed by atoms with Crippen molar-refractivity contribution in [2.24, 2.45) is 5.92 Å². The molecule has 5 nitrogen and oxygen atoms in total. The fourth-order valence-electron chi connectivity index (χ4n) is 3.80. The first-order valence-electron chi connectivity index (χ1n) is 9.66. The zero-order valence-electron chi connectivity index (χ0n) is 15.8. The van der Waals surface area contributed by atoms with Crippen molar-refractivity contribution in [3.63, 3.8) is 0 Å². The summed E-state index contributed by atoms with van der Waals surface area (Å²) >= 11 is 0. The van der Waals surface area contributed by atoms with E-state index >= 15 is 0 Å². The molecule has 3 aromatic rings. The van der Waals surface area contributed by atoms with Gasteiger partial charge < -0.3 is 9.88 Å². The summed E-state index contributed by atoms with van der Waals surface area (Å²) in [5.74, 6) is 0.705. The number of carbonyl (C=O) groups excluding carboxylic acids is 1. The van der Waals surface area contributed by atoms with Crippen LogP contribution in [-0.4, -0.2) is 40.0 Å². The summed E-state index contributed by atoms with van der Waals surface area (Å²) in [6.45, 7) is 5.46. The van der Waals surface area contributed by atoms with E-state index < -0.39 is 0 Å². The Hall–Kier alpha value is -2.66. The summed E-state index contributed by atoms with van der Waals surface area (Å²) in [7, 11) is 0. The SMILES string of the molecule is Cc1ccc(NC(=O)CN2CCC(Cn3cnc4ccccc43)CC2)cc1. The molecule has 2 heterocycles. The number of imidazole rings is 1. The molecule has 0 bridgehead atoms. The predicted octanol–water partition coefficient (Wildman–Crippen LogP) is 3.70. The molecular weight excluding hydrogens is 336 g/mol. The molecule has 1 aliphatic heterocycles. The molecule has 1 amide bonds. The Labute approximate surface area is 160 Å². The normalized spacial score (nSPS) is 15.9. The van der Waals surface area contributed by atoms with E-state index in [1.54, 1.807) is 0 Å². The number of nitrogens with one attached hydrogen (secondary N) is 1. The zero-order valence-corrected chi connectivity index (χ0v) is 15.8. The number of amides is 1. The summed E-state index contributed by atoms with van der Waals surface area (Å²) in [6.07, 6.45) is 4.18. The topological polar surface area (TPSA) is 50.2 Å². The van der Waals surface area contributed by atoms with Crippen LogP contribution in [0.4, 0.5) is 5.69 Å². The number of nitrogens with zero attached hydrogens (tertiary/aromatic N) is 3. The zero-order chi connectivity index (χ0) is 18.6. The van der Waals surface area contributed by atoms with Crippen molar-refractivity contribution in [2.45, 2.75) is 26.3 Å². The van der Waals surface area contributed by atoms with Crippen LogP contribution >= 0.6 is 0 Å². The van der Waals surface area contributed by atoms with Crippen LogP contribution < -0.4 is 5.32 Å². The minimum Gasteiger partial charge on any atom is -0.330 e. The molecule has 0 atom stereocenters. The summed E-state index contributed by atoms with van der Waals surface area (Å²) in [5.41, 5.74) is 4.33. The van der Waals surface area contributed by atoms with Crippen molar-refractivity contribution in [2.75, 3.05) is 25.0 Å². The molecule has 1 aliphatic rings. The lowest BCUT2D eigenvalue weighted by molar-refractivity contribution is -0.117. The average Bonchev–Trinajstić information content (AvgIpc) is 3.08. The lowest BCUT2D eigenvalue weighted by Gasteiger charge is -2.31. The maximum absolute atomic E-state index is 12.3. The van der Waals surface area contributed by atoms with Crippen LogP contribution in [0.15, 0.2) is 54.9 Å². The highest BCUT2D eigenvalue weighted by molar-refractivity contribution is 5.92. The first-order valence-corrected chi connectivity index (χ1v) is 9.66. The van der Waals surface area contributed by atoms with Crippen molar-refractivity contribution < 1.29 is 4.79 Å². The lowest BCUT2D eigenvalue weighted by Crippen LogP contribution is -2.39. The van der Waals surface area contributed by atoms with Crippen LogP contribution in [0, 0.1) is 12.8 Å². The first kappa shape index (κ1) is 17.7. The Morgan fingerprint density at radius 3 is 2.63 bits per heavy atom. The van der Waals surface area contributed by atoms with E-state index in [1.165, 1.54) is 11.1 Å². The smallest absolute Gasteiger partial charge is 0.238 e. The number of hydrogen-bond acceptors (Lipinski definition) is 3. The number of piperidine rings is 1. The Bertz CT molecular complexity index is 907. The second kappa shape index (κ2) is 7.92. The summed E-state index contributed by atoms with van der Waals surface area (Å²) in [5, 5.41) is 2.99. The number of para-hydroxylation sites is 2. The van der Waals surface area contributed by atoms with E-state index in [0.717, 1.165) is 43.7 Å². The number of aromatic nitrogens is 2. The number of anilines is 1. The maximum atomic E-state index is 12.3. The largest absolute Gasteiger partial charge is 0.330 e. The lowest BCUT2D eigenvalue weighted by atomic mass is 9.96. The van der Waals surface area contributed by atoms with Gasteiger partial charge in [-0.2, -0.15) is 0 Å². The van der Waals surface area contributed by atoms with Gasteiger partial charge >= 0.3 is 0 Å². The van der Waals surface area contributed by atoms with E-state index in [4.69, 9.17) is 0 Å². The highest BCUT2D eigenvalue weighted by Crippen LogP contribution is 2.21. The Morgan fingerprint density at radius 2 is 1.85 bits per heavy atom. The van der Waals surface area contributed by atoms with Gasteiger partial charge in [0.2, 0.25) is 5.91 Å². The van der Waals surface area contributed by atoms with Crippen LogP contribution in [0.25, 0.3) is 11.0 Å². The van der Waals surface area contributed by atoms with Crippen molar-refractivity contribution in [1.82, 2.24) is 14.5 Å². The standard InChI is InChI=1S/C22H26N4O/c1-17-6-8-19(9-7-17)24-22(27)15-25-12-10-18(11-13-25)14-26-16-23-20-4-2-3-5-21(20)26/h2-9,16,18H,10-15H2,1H3,(H,24,27). The third-order valence-corrected chi connectivity index (χ3v) is 5.39. The highest BCUT2D eigenvalue weighted by atomic mass is 16.2. The third-order valence-electron chi connectivity index (χ3n) is 5.39. The Balaban J connectivity index is 1.26. The minimum atomic E-state index is 0.0675. The molecule has 0 radical (unpaired) electrons. The Morgan fingerprint density at radius 1 is 1.11 bits per heavy atom. The molecule has 4 rings (SSSR count).